The third kappa shape index (κ3) is 5.48. The zero-order chi connectivity index (χ0) is 12.5. The van der Waals surface area contributed by atoms with Crippen LogP contribution in [0.4, 0.5) is 0 Å². The fraction of sp³-hybridized carbons (Fsp3) is 0.500. The Morgan fingerprint density at radius 1 is 1.35 bits per heavy atom. The average Bonchev–Trinajstić information content (AvgIpc) is 2.35. The van der Waals surface area contributed by atoms with Crippen molar-refractivity contribution in [3.8, 4) is 6.07 Å². The summed E-state index contributed by atoms with van der Waals surface area (Å²) in [5.41, 5.74) is 1.34. The highest BCUT2D eigenvalue weighted by atomic mass is 15.1. The summed E-state index contributed by atoms with van der Waals surface area (Å²) in [6.45, 7) is 4.53. The molecular formula is C14H21N3. The van der Waals surface area contributed by atoms with Crippen LogP contribution in [-0.4, -0.2) is 31.1 Å². The maximum atomic E-state index is 8.41. The van der Waals surface area contributed by atoms with Crippen molar-refractivity contribution in [2.75, 3.05) is 20.1 Å². The average molecular weight is 231 g/mol. The molecule has 0 bridgehead atoms. The van der Waals surface area contributed by atoms with Gasteiger partial charge in [0.15, 0.2) is 0 Å². The molecule has 1 unspecified atom stereocenters. The van der Waals surface area contributed by atoms with Crippen molar-refractivity contribution >= 4 is 0 Å². The van der Waals surface area contributed by atoms with E-state index < -0.39 is 0 Å². The van der Waals surface area contributed by atoms with Gasteiger partial charge in [0.1, 0.15) is 0 Å². The normalized spacial score (nSPS) is 12.4. The van der Waals surface area contributed by atoms with E-state index >= 15 is 0 Å². The highest BCUT2D eigenvalue weighted by Crippen LogP contribution is 2.07. The summed E-state index contributed by atoms with van der Waals surface area (Å²) in [5, 5.41) is 11.5. The van der Waals surface area contributed by atoms with Gasteiger partial charge in [-0.2, -0.15) is 5.26 Å². The maximum absolute atomic E-state index is 8.41. The number of nitrogens with zero attached hydrogens (tertiary/aromatic N) is 2. The molecule has 1 N–H and O–H groups in total. The van der Waals surface area contributed by atoms with Gasteiger partial charge in [0.25, 0.3) is 0 Å². The Kier molecular flexibility index (Phi) is 6.31. The van der Waals surface area contributed by atoms with Crippen LogP contribution in [0.25, 0.3) is 0 Å². The first-order valence-corrected chi connectivity index (χ1v) is 6.06. The van der Waals surface area contributed by atoms with Crippen LogP contribution < -0.4 is 5.32 Å². The second-order valence-corrected chi connectivity index (χ2v) is 4.37. The smallest absolute Gasteiger partial charge is 0.0840 e. The molecule has 92 valence electrons. The highest BCUT2D eigenvalue weighted by molar-refractivity contribution is 5.14. The van der Waals surface area contributed by atoms with Crippen molar-refractivity contribution in [2.24, 2.45) is 0 Å². The molecule has 17 heavy (non-hydrogen) atoms. The summed E-state index contributed by atoms with van der Waals surface area (Å²) >= 11 is 0. The van der Waals surface area contributed by atoms with Crippen molar-refractivity contribution in [3.63, 3.8) is 0 Å². The van der Waals surface area contributed by atoms with E-state index in [1.807, 2.05) is 6.07 Å². The molecule has 1 rings (SSSR count). The Labute approximate surface area is 104 Å². The van der Waals surface area contributed by atoms with Crippen LogP contribution in [0.3, 0.4) is 0 Å². The zero-order valence-corrected chi connectivity index (χ0v) is 10.7. The Morgan fingerprint density at radius 3 is 2.71 bits per heavy atom. The van der Waals surface area contributed by atoms with E-state index in [2.05, 4.69) is 54.5 Å². The van der Waals surface area contributed by atoms with Gasteiger partial charge in [-0.3, -0.25) is 4.90 Å². The minimum atomic E-state index is 0.440. The largest absolute Gasteiger partial charge is 0.304 e. The molecular weight excluding hydrogens is 210 g/mol. The summed E-state index contributed by atoms with van der Waals surface area (Å²) < 4.78 is 0. The molecule has 0 amide bonds. The molecule has 3 heteroatoms. The Bertz CT molecular complexity index is 342. The minimum Gasteiger partial charge on any atom is -0.304 e. The molecule has 0 spiro atoms. The molecule has 1 aromatic rings. The minimum absolute atomic E-state index is 0.440. The van der Waals surface area contributed by atoms with E-state index in [0.717, 1.165) is 19.5 Å². The van der Waals surface area contributed by atoms with Crippen LogP contribution in [0.1, 0.15) is 18.9 Å². The highest BCUT2D eigenvalue weighted by Gasteiger charge is 2.08. The van der Waals surface area contributed by atoms with Gasteiger partial charge < -0.3 is 5.32 Å². The standard InChI is InChI=1S/C14H21N3/c1-13(8-10-16-11-9-15)17(2)12-14-6-4-3-5-7-14/h3-7,13,16H,8,10-12H2,1-2H3. The van der Waals surface area contributed by atoms with Gasteiger partial charge in [0, 0.05) is 12.6 Å². The van der Waals surface area contributed by atoms with Gasteiger partial charge in [-0.05, 0) is 32.5 Å². The fourth-order valence-corrected chi connectivity index (χ4v) is 1.70. The van der Waals surface area contributed by atoms with Crippen LogP contribution in [0, 0.1) is 11.3 Å². The molecule has 1 aromatic carbocycles. The lowest BCUT2D eigenvalue weighted by molar-refractivity contribution is 0.237. The Morgan fingerprint density at radius 2 is 2.06 bits per heavy atom. The van der Waals surface area contributed by atoms with Crippen LogP contribution in [0.15, 0.2) is 30.3 Å². The number of rotatable bonds is 7. The first kappa shape index (κ1) is 13.7. The SMILES string of the molecule is CC(CCNCC#N)N(C)Cc1ccccc1. The van der Waals surface area contributed by atoms with E-state index in [1.165, 1.54) is 5.56 Å². The van der Waals surface area contributed by atoms with Crippen LogP contribution in [-0.2, 0) is 6.54 Å². The second-order valence-electron chi connectivity index (χ2n) is 4.37. The molecule has 0 aliphatic heterocycles. The molecule has 0 heterocycles. The molecule has 0 radical (unpaired) electrons. The Hall–Kier alpha value is -1.37. The van der Waals surface area contributed by atoms with Gasteiger partial charge in [-0.1, -0.05) is 30.3 Å². The van der Waals surface area contributed by atoms with E-state index in [0.29, 0.717) is 12.6 Å². The van der Waals surface area contributed by atoms with E-state index in [1.54, 1.807) is 0 Å². The molecule has 1 atom stereocenters. The third-order valence-corrected chi connectivity index (χ3v) is 2.97. The lowest BCUT2D eigenvalue weighted by Gasteiger charge is -2.24. The maximum Gasteiger partial charge on any atom is 0.0840 e. The van der Waals surface area contributed by atoms with Crippen LogP contribution in [0.5, 0.6) is 0 Å². The first-order valence-electron chi connectivity index (χ1n) is 6.06. The van der Waals surface area contributed by atoms with Crippen molar-refractivity contribution in [1.29, 1.82) is 5.26 Å². The predicted octanol–water partition coefficient (Wildman–Crippen LogP) is 2.01. The van der Waals surface area contributed by atoms with E-state index in [-0.39, 0.29) is 0 Å². The number of hydrogen-bond donors (Lipinski definition) is 1. The lowest BCUT2D eigenvalue weighted by atomic mass is 10.1. The molecule has 0 aliphatic rings. The van der Waals surface area contributed by atoms with Gasteiger partial charge in [0.05, 0.1) is 12.6 Å². The molecule has 0 aromatic heterocycles. The third-order valence-electron chi connectivity index (χ3n) is 2.97. The molecule has 0 fully saturated rings. The number of hydrogen-bond acceptors (Lipinski definition) is 3. The van der Waals surface area contributed by atoms with Crippen molar-refractivity contribution in [1.82, 2.24) is 10.2 Å². The van der Waals surface area contributed by atoms with Crippen molar-refractivity contribution in [2.45, 2.75) is 25.9 Å². The quantitative estimate of drug-likeness (QED) is 0.576. The van der Waals surface area contributed by atoms with Gasteiger partial charge in [-0.15, -0.1) is 0 Å². The van der Waals surface area contributed by atoms with Crippen LogP contribution >= 0.6 is 0 Å². The summed E-state index contributed by atoms with van der Waals surface area (Å²) in [7, 11) is 2.14. The summed E-state index contributed by atoms with van der Waals surface area (Å²) in [4.78, 5) is 2.34. The predicted molar refractivity (Wildman–Crippen MR) is 70.5 cm³/mol. The monoisotopic (exact) mass is 231 g/mol. The molecule has 3 nitrogen and oxygen atoms in total. The molecule has 0 saturated carbocycles. The van der Waals surface area contributed by atoms with E-state index in [4.69, 9.17) is 5.26 Å². The number of nitriles is 1. The van der Waals surface area contributed by atoms with Gasteiger partial charge >= 0.3 is 0 Å². The zero-order valence-electron chi connectivity index (χ0n) is 10.7. The Balaban J connectivity index is 2.27. The summed E-state index contributed by atoms with van der Waals surface area (Å²) in [6, 6.07) is 13.1. The first-order chi connectivity index (χ1) is 8.24. The number of benzene rings is 1. The fourth-order valence-electron chi connectivity index (χ4n) is 1.70. The topological polar surface area (TPSA) is 39.1 Å². The van der Waals surface area contributed by atoms with Crippen molar-refractivity contribution in [3.05, 3.63) is 35.9 Å². The molecule has 0 aliphatic carbocycles. The van der Waals surface area contributed by atoms with Crippen molar-refractivity contribution < 1.29 is 0 Å². The van der Waals surface area contributed by atoms with E-state index in [9.17, 15) is 0 Å². The number of nitrogens with one attached hydrogen (secondary N) is 1. The molecule has 0 saturated heterocycles. The second kappa shape index (κ2) is 7.83. The van der Waals surface area contributed by atoms with Crippen LogP contribution in [0.2, 0.25) is 0 Å². The van der Waals surface area contributed by atoms with Gasteiger partial charge in [0.2, 0.25) is 0 Å². The lowest BCUT2D eigenvalue weighted by Crippen LogP contribution is -2.31. The summed E-state index contributed by atoms with van der Waals surface area (Å²) in [5.74, 6) is 0. The summed E-state index contributed by atoms with van der Waals surface area (Å²) in [6.07, 6.45) is 1.06. The van der Waals surface area contributed by atoms with Gasteiger partial charge in [-0.25, -0.2) is 0 Å².